The number of allylic oxidation sites excluding steroid dienone is 4. The number of hydrogen-bond donors (Lipinski definition) is 1. The maximum atomic E-state index is 4.39. The summed E-state index contributed by atoms with van der Waals surface area (Å²) in [6.07, 6.45) is 12.8. The van der Waals surface area contributed by atoms with Gasteiger partial charge in [-0.3, -0.25) is 4.40 Å². The summed E-state index contributed by atoms with van der Waals surface area (Å²) in [5, 5.41) is 6.21. The third-order valence-electron chi connectivity index (χ3n) is 2.55. The van der Waals surface area contributed by atoms with Gasteiger partial charge in [-0.1, -0.05) is 18.7 Å². The van der Waals surface area contributed by atoms with Crippen LogP contribution < -0.4 is 5.32 Å². The second-order valence-corrected chi connectivity index (χ2v) is 5.58. The second kappa shape index (κ2) is 7.90. The van der Waals surface area contributed by atoms with Crippen molar-refractivity contribution in [2.45, 2.75) is 6.92 Å². The van der Waals surface area contributed by atoms with Crippen LogP contribution in [0.15, 0.2) is 55.2 Å². The molecule has 6 heteroatoms. The van der Waals surface area contributed by atoms with Crippen molar-refractivity contribution in [1.82, 2.24) is 14.4 Å². The molecule has 2 heterocycles. The van der Waals surface area contributed by atoms with Crippen LogP contribution in [0.4, 0.5) is 5.82 Å². The molecule has 0 atom stereocenters. The zero-order valence-electron chi connectivity index (χ0n) is 11.4. The molecule has 0 fully saturated rings. The number of halogens is 1. The lowest BCUT2D eigenvalue weighted by Gasteiger charge is -2.07. The Balaban J connectivity index is 2.43. The van der Waals surface area contributed by atoms with E-state index in [4.69, 9.17) is 0 Å². The molecule has 0 saturated heterocycles. The van der Waals surface area contributed by atoms with Crippen LogP contribution in [-0.2, 0) is 0 Å². The summed E-state index contributed by atoms with van der Waals surface area (Å²) in [6.45, 7) is 5.67. The van der Waals surface area contributed by atoms with Gasteiger partial charge in [0.05, 0.1) is 6.20 Å². The van der Waals surface area contributed by atoms with E-state index in [1.165, 1.54) is 8.93 Å². The Morgan fingerprint density at radius 2 is 2.38 bits per heavy atom. The maximum absolute atomic E-state index is 4.39. The Bertz CT molecular complexity index is 765. The Labute approximate surface area is 140 Å². The molecule has 0 spiro atoms. The van der Waals surface area contributed by atoms with E-state index in [1.807, 2.05) is 35.7 Å². The van der Waals surface area contributed by atoms with Gasteiger partial charge in [-0.2, -0.15) is 0 Å². The molecule has 0 aliphatic rings. The third kappa shape index (κ3) is 3.89. The van der Waals surface area contributed by atoms with Crippen LogP contribution in [0.5, 0.6) is 0 Å². The minimum Gasteiger partial charge on any atom is -0.337 e. The van der Waals surface area contributed by atoms with Crippen LogP contribution in [0.2, 0.25) is 0 Å². The van der Waals surface area contributed by atoms with Crippen molar-refractivity contribution in [3.8, 4) is 11.2 Å². The molecule has 0 saturated carbocycles. The van der Waals surface area contributed by atoms with Crippen LogP contribution in [0.3, 0.4) is 0 Å². The number of imidazole rings is 1. The van der Waals surface area contributed by atoms with Gasteiger partial charge in [0.15, 0.2) is 11.5 Å². The monoisotopic (exact) mass is 408 g/mol. The fraction of sp³-hybridized carbons (Fsp3) is 0.0667. The van der Waals surface area contributed by atoms with Gasteiger partial charge in [0.1, 0.15) is 5.69 Å². The average Bonchev–Trinajstić information content (AvgIpc) is 2.90. The summed E-state index contributed by atoms with van der Waals surface area (Å²) in [4.78, 5) is 8.74. The fourth-order valence-electron chi connectivity index (χ4n) is 1.75. The molecule has 2 rings (SSSR count). The average molecular weight is 408 g/mol. The molecule has 0 aliphatic heterocycles. The standard InChI is InChI=1S/C15H13IN4S/c1-3-5-12(6-4-2)19-14-15-18-11-13(7-10-21-16)20(15)9-8-17-14/h3-6,8-9,11H,1H2,2H3,(H,17,19)/b6-4-,12-5+. The van der Waals surface area contributed by atoms with E-state index in [9.17, 15) is 0 Å². The van der Waals surface area contributed by atoms with Crippen molar-refractivity contribution in [2.75, 3.05) is 5.32 Å². The van der Waals surface area contributed by atoms with Crippen LogP contribution >= 0.6 is 30.1 Å². The van der Waals surface area contributed by atoms with Crippen LogP contribution in [0.1, 0.15) is 12.6 Å². The summed E-state index contributed by atoms with van der Waals surface area (Å²) in [5.74, 6) is 3.73. The molecule has 4 nitrogen and oxygen atoms in total. The summed E-state index contributed by atoms with van der Waals surface area (Å²) < 4.78 is 1.91. The highest BCUT2D eigenvalue weighted by Crippen LogP contribution is 2.17. The third-order valence-corrected chi connectivity index (χ3v) is 3.39. The van der Waals surface area contributed by atoms with E-state index < -0.39 is 0 Å². The van der Waals surface area contributed by atoms with Crippen molar-refractivity contribution < 1.29 is 0 Å². The normalized spacial score (nSPS) is 11.4. The van der Waals surface area contributed by atoms with Gasteiger partial charge in [-0.05, 0) is 39.2 Å². The fourth-order valence-corrected chi connectivity index (χ4v) is 2.23. The van der Waals surface area contributed by atoms with Gasteiger partial charge < -0.3 is 5.32 Å². The summed E-state index contributed by atoms with van der Waals surface area (Å²) in [6, 6.07) is 0. The zero-order chi connectivity index (χ0) is 15.1. The van der Waals surface area contributed by atoms with E-state index in [2.05, 4.69) is 54.2 Å². The van der Waals surface area contributed by atoms with Crippen molar-refractivity contribution in [2.24, 2.45) is 0 Å². The van der Waals surface area contributed by atoms with E-state index in [0.717, 1.165) is 17.0 Å². The lowest BCUT2D eigenvalue weighted by Crippen LogP contribution is -2.02. The van der Waals surface area contributed by atoms with Gasteiger partial charge >= 0.3 is 0 Å². The SMILES string of the molecule is C=C/C=C(\C=C/C)Nc1nccn2c(C#CSI)cnc12. The maximum Gasteiger partial charge on any atom is 0.181 e. The molecule has 0 aliphatic carbocycles. The molecule has 0 aromatic carbocycles. The molecule has 0 unspecified atom stereocenters. The van der Waals surface area contributed by atoms with Gasteiger partial charge in [0.25, 0.3) is 0 Å². The molecule has 21 heavy (non-hydrogen) atoms. The minimum absolute atomic E-state index is 0.680. The number of nitrogens with zero attached hydrogens (tertiary/aromatic N) is 3. The van der Waals surface area contributed by atoms with Crippen molar-refractivity contribution in [1.29, 1.82) is 0 Å². The molecule has 0 radical (unpaired) electrons. The first-order chi connectivity index (χ1) is 10.3. The largest absolute Gasteiger partial charge is 0.337 e. The predicted molar refractivity (Wildman–Crippen MR) is 98.2 cm³/mol. The number of rotatable bonds is 4. The predicted octanol–water partition coefficient (Wildman–Crippen LogP) is 4.18. The van der Waals surface area contributed by atoms with Gasteiger partial charge in [-0.15, -0.1) is 0 Å². The Morgan fingerprint density at radius 3 is 3.10 bits per heavy atom. The zero-order valence-corrected chi connectivity index (χ0v) is 14.4. The molecular formula is C15H13IN4S. The molecule has 0 amide bonds. The van der Waals surface area contributed by atoms with Crippen molar-refractivity contribution in [3.05, 3.63) is 60.9 Å². The number of fused-ring (bicyclic) bond motifs is 1. The Kier molecular flexibility index (Phi) is 5.90. The number of hydrogen-bond acceptors (Lipinski definition) is 4. The first-order valence-corrected chi connectivity index (χ1v) is 9.49. The molecule has 0 bridgehead atoms. The lowest BCUT2D eigenvalue weighted by atomic mass is 10.3. The Hall–Kier alpha value is -1.72. The molecular weight excluding hydrogens is 395 g/mol. The molecule has 2 aromatic rings. The lowest BCUT2D eigenvalue weighted by molar-refractivity contribution is 1.11. The first-order valence-electron chi connectivity index (χ1n) is 6.13. The number of nitrogens with one attached hydrogen (secondary N) is 1. The highest BCUT2D eigenvalue weighted by Gasteiger charge is 2.07. The summed E-state index contributed by atoms with van der Waals surface area (Å²) in [5.41, 5.74) is 2.46. The Morgan fingerprint density at radius 1 is 1.52 bits per heavy atom. The van der Waals surface area contributed by atoms with Crippen molar-refractivity contribution >= 4 is 41.6 Å². The quantitative estimate of drug-likeness (QED) is 0.468. The molecule has 2 aromatic heterocycles. The highest BCUT2D eigenvalue weighted by atomic mass is 127. The van der Waals surface area contributed by atoms with Crippen LogP contribution in [-0.4, -0.2) is 14.4 Å². The smallest absolute Gasteiger partial charge is 0.181 e. The van der Waals surface area contributed by atoms with E-state index >= 15 is 0 Å². The van der Waals surface area contributed by atoms with E-state index in [0.29, 0.717) is 5.82 Å². The number of anilines is 1. The van der Waals surface area contributed by atoms with E-state index in [1.54, 1.807) is 18.5 Å². The van der Waals surface area contributed by atoms with Gasteiger partial charge in [0.2, 0.25) is 0 Å². The highest BCUT2D eigenvalue weighted by molar-refractivity contribution is 14.2. The number of aromatic nitrogens is 3. The topological polar surface area (TPSA) is 42.2 Å². The summed E-state index contributed by atoms with van der Waals surface area (Å²) in [7, 11) is 1.44. The van der Waals surface area contributed by atoms with Crippen LogP contribution in [0.25, 0.3) is 5.65 Å². The van der Waals surface area contributed by atoms with Gasteiger partial charge in [-0.25, -0.2) is 9.97 Å². The first kappa shape index (κ1) is 15.7. The van der Waals surface area contributed by atoms with Crippen LogP contribution in [0, 0.1) is 11.2 Å². The van der Waals surface area contributed by atoms with E-state index in [-0.39, 0.29) is 0 Å². The molecule has 1 N–H and O–H groups in total. The van der Waals surface area contributed by atoms with Gasteiger partial charge in [0, 0.05) is 39.3 Å². The molecule has 106 valence electrons. The second-order valence-electron chi connectivity index (χ2n) is 3.90. The van der Waals surface area contributed by atoms with Crippen molar-refractivity contribution in [3.63, 3.8) is 0 Å². The summed E-state index contributed by atoms with van der Waals surface area (Å²) >= 11 is 2.14. The minimum atomic E-state index is 0.680.